The van der Waals surface area contributed by atoms with Crippen LogP contribution in [0, 0.1) is 0 Å². The number of esters is 1. The second-order valence-electron chi connectivity index (χ2n) is 6.26. The van der Waals surface area contributed by atoms with Gasteiger partial charge in [0.15, 0.2) is 0 Å². The van der Waals surface area contributed by atoms with Crippen LogP contribution in [0.4, 0.5) is 0 Å². The molecule has 0 amide bonds. The molecule has 1 unspecified atom stereocenters. The molecule has 0 aliphatic carbocycles. The molecule has 1 rings (SSSR count). The van der Waals surface area contributed by atoms with Gasteiger partial charge in [-0.15, -0.1) is 0 Å². The molecule has 0 aromatic carbocycles. The second kappa shape index (κ2) is 8.76. The van der Waals surface area contributed by atoms with Gasteiger partial charge in [0.25, 0.3) is 0 Å². The Balaban J connectivity index is 3.39. The van der Waals surface area contributed by atoms with Crippen LogP contribution in [0.15, 0.2) is 22.6 Å². The molecule has 0 saturated carbocycles. The van der Waals surface area contributed by atoms with Crippen LogP contribution in [0.2, 0.25) is 15.8 Å². The molecule has 1 atom stereocenters. The Morgan fingerprint density at radius 3 is 2.17 bits per heavy atom. The average Bonchev–Trinajstić information content (AvgIpc) is 2.96. The van der Waals surface area contributed by atoms with Crippen molar-refractivity contribution in [1.29, 1.82) is 0 Å². The van der Waals surface area contributed by atoms with Crippen molar-refractivity contribution in [3.63, 3.8) is 0 Å². The first-order valence-corrected chi connectivity index (χ1v) is 14.5. The Morgan fingerprint density at radius 1 is 1.22 bits per heavy atom. The molecule has 3 nitrogen and oxygen atoms in total. The van der Waals surface area contributed by atoms with E-state index in [0.717, 1.165) is 11.5 Å². The number of carbonyl (C=O) groups is 1. The third kappa shape index (κ3) is 4.11. The molecule has 4 heteroatoms. The van der Waals surface area contributed by atoms with Gasteiger partial charge in [-0.1, -0.05) is 0 Å². The molecule has 23 heavy (non-hydrogen) atoms. The molecular weight excluding hydrogens is 349 g/mol. The zero-order chi connectivity index (χ0) is 17.6. The van der Waals surface area contributed by atoms with Crippen molar-refractivity contribution < 1.29 is 13.9 Å². The maximum atomic E-state index is 12.2. The van der Waals surface area contributed by atoms with Crippen LogP contribution in [0.1, 0.15) is 68.2 Å². The minimum atomic E-state index is -2.16. The molecule has 1 aromatic heterocycles. The van der Waals surface area contributed by atoms with Crippen LogP contribution in [0.3, 0.4) is 0 Å². The van der Waals surface area contributed by atoms with Crippen molar-refractivity contribution in [2.45, 2.75) is 68.5 Å². The summed E-state index contributed by atoms with van der Waals surface area (Å²) in [4.78, 5) is 12.2. The summed E-state index contributed by atoms with van der Waals surface area (Å²) < 4.78 is 11.6. The van der Waals surface area contributed by atoms with E-state index in [0.29, 0.717) is 23.3 Å². The van der Waals surface area contributed by atoms with E-state index in [1.807, 2.05) is 19.9 Å². The summed E-state index contributed by atoms with van der Waals surface area (Å²) >= 11 is -2.16. The van der Waals surface area contributed by atoms with Crippen molar-refractivity contribution in [3.8, 4) is 0 Å². The van der Waals surface area contributed by atoms with E-state index in [4.69, 9.17) is 9.15 Å². The average molecular weight is 381 g/mol. The molecule has 0 saturated heterocycles. The Morgan fingerprint density at radius 2 is 1.78 bits per heavy atom. The molecule has 1 heterocycles. The van der Waals surface area contributed by atoms with Gasteiger partial charge in [-0.3, -0.25) is 0 Å². The van der Waals surface area contributed by atoms with Gasteiger partial charge in [0.2, 0.25) is 0 Å². The van der Waals surface area contributed by atoms with E-state index >= 15 is 0 Å². The molecular formula is C19H32GeO3. The van der Waals surface area contributed by atoms with Gasteiger partial charge in [-0.2, -0.15) is 0 Å². The molecule has 0 spiro atoms. The van der Waals surface area contributed by atoms with Crippen molar-refractivity contribution in [2.24, 2.45) is 0 Å². The standard InChI is InChI=1S/C19H32GeO3/c1-8-16-15(19(21)22-12-5)13-17(23-16)18(14(6)7)20(9-2,10-3)11-4/h13,18H,6,8-12H2,1-5,7H3. The van der Waals surface area contributed by atoms with Crippen LogP contribution in [0.25, 0.3) is 0 Å². The fraction of sp³-hybridized carbons (Fsp3) is 0.632. The minimum absolute atomic E-state index is 0.276. The van der Waals surface area contributed by atoms with Crippen molar-refractivity contribution in [3.05, 3.63) is 35.3 Å². The summed E-state index contributed by atoms with van der Waals surface area (Å²) in [5.41, 5.74) is 1.76. The van der Waals surface area contributed by atoms with Crippen molar-refractivity contribution >= 4 is 19.2 Å². The quantitative estimate of drug-likeness (QED) is 0.312. The predicted octanol–water partition coefficient (Wildman–Crippen LogP) is 5.73. The van der Waals surface area contributed by atoms with E-state index in [1.54, 1.807) is 0 Å². The van der Waals surface area contributed by atoms with Crippen molar-refractivity contribution in [1.82, 2.24) is 0 Å². The molecule has 1 aromatic rings. The molecule has 130 valence electrons. The monoisotopic (exact) mass is 382 g/mol. The van der Waals surface area contributed by atoms with Gasteiger partial charge in [-0.25, -0.2) is 0 Å². The fourth-order valence-electron chi connectivity index (χ4n) is 3.67. The van der Waals surface area contributed by atoms with Crippen LogP contribution in [-0.2, 0) is 11.2 Å². The summed E-state index contributed by atoms with van der Waals surface area (Å²) in [5, 5.41) is 3.71. The topological polar surface area (TPSA) is 39.4 Å². The first-order valence-electron chi connectivity index (χ1n) is 8.85. The van der Waals surface area contributed by atoms with Gasteiger partial charge in [0.05, 0.1) is 0 Å². The van der Waals surface area contributed by atoms with E-state index in [-0.39, 0.29) is 5.97 Å². The Bertz CT molecular complexity index is 533. The van der Waals surface area contributed by atoms with E-state index in [9.17, 15) is 4.79 Å². The first kappa shape index (κ1) is 20.1. The van der Waals surface area contributed by atoms with Gasteiger partial charge >= 0.3 is 144 Å². The Labute approximate surface area is 143 Å². The summed E-state index contributed by atoms with van der Waals surface area (Å²) in [6.45, 7) is 17.5. The third-order valence-corrected chi connectivity index (χ3v) is 18.2. The number of allylic oxidation sites excluding steroid dienone is 1. The predicted molar refractivity (Wildman–Crippen MR) is 98.8 cm³/mol. The number of hydrogen-bond donors (Lipinski definition) is 0. The Hall–Kier alpha value is -0.967. The fourth-order valence-corrected chi connectivity index (χ4v) is 13.1. The van der Waals surface area contributed by atoms with Crippen LogP contribution in [-0.4, -0.2) is 25.8 Å². The number of furan rings is 1. The summed E-state index contributed by atoms with van der Waals surface area (Å²) in [5.74, 6) is 1.40. The van der Waals surface area contributed by atoms with Gasteiger partial charge in [0.1, 0.15) is 0 Å². The maximum absolute atomic E-state index is 12.2. The number of aryl methyl sites for hydroxylation is 1. The van der Waals surface area contributed by atoms with E-state index in [1.165, 1.54) is 21.3 Å². The molecule has 0 fully saturated rings. The summed E-state index contributed by atoms with van der Waals surface area (Å²) in [6.07, 6.45) is 0.696. The summed E-state index contributed by atoms with van der Waals surface area (Å²) in [6, 6.07) is 1.93. The molecule has 0 N–H and O–H groups in total. The number of ether oxygens (including phenoxy) is 1. The van der Waals surface area contributed by atoms with E-state index < -0.39 is 13.3 Å². The van der Waals surface area contributed by atoms with E-state index in [2.05, 4.69) is 34.3 Å². The van der Waals surface area contributed by atoms with Gasteiger partial charge < -0.3 is 0 Å². The zero-order valence-corrected chi connectivity index (χ0v) is 17.7. The first-order chi connectivity index (χ1) is 10.9. The molecule has 0 radical (unpaired) electrons. The van der Waals surface area contributed by atoms with Gasteiger partial charge in [-0.05, 0) is 0 Å². The Kier molecular flexibility index (Phi) is 7.65. The summed E-state index contributed by atoms with van der Waals surface area (Å²) in [7, 11) is 0. The SMILES string of the molecule is C=C(C)[CH](c1cc(C(=O)OCC)c(CC)o1)[Ge]([CH2]C)([CH2]C)[CH2]C. The van der Waals surface area contributed by atoms with Crippen LogP contribution >= 0.6 is 0 Å². The number of carbonyl (C=O) groups excluding carboxylic acids is 1. The third-order valence-electron chi connectivity index (χ3n) is 5.15. The molecule has 0 aliphatic rings. The van der Waals surface area contributed by atoms with Gasteiger partial charge in [0, 0.05) is 0 Å². The molecule has 0 bridgehead atoms. The zero-order valence-electron chi connectivity index (χ0n) is 15.6. The van der Waals surface area contributed by atoms with Crippen LogP contribution < -0.4 is 0 Å². The molecule has 0 aliphatic heterocycles. The van der Waals surface area contributed by atoms with Crippen LogP contribution in [0.5, 0.6) is 0 Å². The normalized spacial score (nSPS) is 13.0. The van der Waals surface area contributed by atoms with Crippen molar-refractivity contribution in [2.75, 3.05) is 6.61 Å². The number of hydrogen-bond acceptors (Lipinski definition) is 3. The number of rotatable bonds is 9. The second-order valence-corrected chi connectivity index (χ2v) is 17.6.